The van der Waals surface area contributed by atoms with E-state index in [0.717, 1.165) is 24.2 Å². The number of halogens is 1. The molecule has 4 rings (SSSR count). The Balaban J connectivity index is 1.65. The quantitative estimate of drug-likeness (QED) is 0.464. The van der Waals surface area contributed by atoms with Crippen LogP contribution >= 0.6 is 11.3 Å². The maximum atomic E-state index is 13.7. The molecule has 35 heavy (non-hydrogen) atoms. The molecule has 2 heterocycles. The number of hydrogen-bond acceptors (Lipinski definition) is 6. The number of nitrogens with zero attached hydrogens (tertiary/aromatic N) is 3. The summed E-state index contributed by atoms with van der Waals surface area (Å²) in [4.78, 5) is 29.5. The van der Waals surface area contributed by atoms with Gasteiger partial charge in [0.25, 0.3) is 5.91 Å². The van der Waals surface area contributed by atoms with Gasteiger partial charge in [-0.2, -0.15) is 9.30 Å². The normalized spacial score (nSPS) is 17.6. The van der Waals surface area contributed by atoms with Crippen LogP contribution in [-0.2, 0) is 26.1 Å². The van der Waals surface area contributed by atoms with Crippen molar-refractivity contribution in [1.29, 1.82) is 0 Å². The minimum Gasteiger partial charge on any atom is -0.465 e. The Bertz CT molecular complexity index is 1430. The molecule has 8 nitrogen and oxygen atoms in total. The molecule has 1 unspecified atom stereocenters. The first-order valence-electron chi connectivity index (χ1n) is 11.3. The SMILES string of the molecule is CCOC(=O)Cn1c(=NC(=O)c2ccc(S(=O)(=O)N3CCCC(C)C3)cc2)sc2cc(F)ccc21. The second-order valence-corrected chi connectivity index (χ2v) is 11.4. The maximum absolute atomic E-state index is 13.7. The van der Waals surface area contributed by atoms with E-state index < -0.39 is 27.7 Å². The lowest BCUT2D eigenvalue weighted by Gasteiger charge is -2.30. The van der Waals surface area contributed by atoms with Gasteiger partial charge in [0, 0.05) is 18.7 Å². The van der Waals surface area contributed by atoms with Crippen LogP contribution in [0.5, 0.6) is 0 Å². The van der Waals surface area contributed by atoms with Crippen molar-refractivity contribution in [3.63, 3.8) is 0 Å². The predicted octanol–water partition coefficient (Wildman–Crippen LogP) is 3.57. The highest BCUT2D eigenvalue weighted by Crippen LogP contribution is 2.24. The van der Waals surface area contributed by atoms with Crippen molar-refractivity contribution in [2.75, 3.05) is 19.7 Å². The van der Waals surface area contributed by atoms with Crippen LogP contribution in [-0.4, -0.2) is 48.9 Å². The number of thiazole rings is 1. The fraction of sp³-hybridized carbons (Fsp3) is 0.375. The van der Waals surface area contributed by atoms with Crippen LogP contribution in [0.1, 0.15) is 37.0 Å². The first kappa shape index (κ1) is 25.2. The van der Waals surface area contributed by atoms with Gasteiger partial charge in [-0.05, 0) is 68.1 Å². The third-order valence-electron chi connectivity index (χ3n) is 5.79. The number of fused-ring (bicyclic) bond motifs is 1. The minimum atomic E-state index is -3.64. The summed E-state index contributed by atoms with van der Waals surface area (Å²) >= 11 is 1.07. The van der Waals surface area contributed by atoms with Crippen molar-refractivity contribution in [1.82, 2.24) is 8.87 Å². The molecular formula is C24H26FN3O5S2. The van der Waals surface area contributed by atoms with E-state index in [0.29, 0.717) is 29.2 Å². The number of carbonyl (C=O) groups is 2. The van der Waals surface area contributed by atoms with Gasteiger partial charge in [0.05, 0.1) is 21.7 Å². The first-order valence-corrected chi connectivity index (χ1v) is 13.6. The highest BCUT2D eigenvalue weighted by atomic mass is 32.2. The van der Waals surface area contributed by atoms with Gasteiger partial charge in [0.1, 0.15) is 12.4 Å². The smallest absolute Gasteiger partial charge is 0.326 e. The molecule has 1 aliphatic heterocycles. The molecule has 1 aromatic heterocycles. The molecule has 1 atom stereocenters. The van der Waals surface area contributed by atoms with E-state index in [1.54, 1.807) is 6.92 Å². The van der Waals surface area contributed by atoms with Gasteiger partial charge in [-0.3, -0.25) is 9.59 Å². The standard InChI is InChI=1S/C24H26FN3O5S2/c1-3-33-22(29)15-28-20-11-8-18(25)13-21(20)34-24(28)26-23(30)17-6-9-19(10-7-17)35(31,32)27-12-4-5-16(2)14-27/h6-11,13,16H,3-5,12,14-15H2,1-2H3. The van der Waals surface area contributed by atoms with Crippen molar-refractivity contribution < 1.29 is 27.1 Å². The lowest BCUT2D eigenvalue weighted by molar-refractivity contribution is -0.143. The third kappa shape index (κ3) is 5.52. The molecule has 1 fully saturated rings. The Morgan fingerprint density at radius 2 is 1.94 bits per heavy atom. The average molecular weight is 520 g/mol. The largest absolute Gasteiger partial charge is 0.465 e. The van der Waals surface area contributed by atoms with Gasteiger partial charge in [-0.1, -0.05) is 18.3 Å². The number of benzene rings is 2. The van der Waals surface area contributed by atoms with Crippen LogP contribution in [0.15, 0.2) is 52.4 Å². The van der Waals surface area contributed by atoms with Crippen LogP contribution in [0.3, 0.4) is 0 Å². The minimum absolute atomic E-state index is 0.123. The Hall–Kier alpha value is -2.89. The van der Waals surface area contributed by atoms with Gasteiger partial charge in [-0.15, -0.1) is 0 Å². The van der Waals surface area contributed by atoms with Crippen molar-refractivity contribution in [2.45, 2.75) is 38.1 Å². The molecular weight excluding hydrogens is 493 g/mol. The van der Waals surface area contributed by atoms with Gasteiger partial charge in [-0.25, -0.2) is 12.8 Å². The zero-order valence-electron chi connectivity index (χ0n) is 19.4. The van der Waals surface area contributed by atoms with Crippen molar-refractivity contribution >= 4 is 43.5 Å². The second kappa shape index (κ2) is 10.4. The highest BCUT2D eigenvalue weighted by Gasteiger charge is 2.28. The molecule has 186 valence electrons. The summed E-state index contributed by atoms with van der Waals surface area (Å²) in [5.74, 6) is -1.26. The average Bonchev–Trinajstić information content (AvgIpc) is 3.14. The molecule has 1 amide bonds. The molecule has 0 saturated carbocycles. The monoisotopic (exact) mass is 519 g/mol. The number of amides is 1. The van der Waals surface area contributed by atoms with Crippen LogP contribution in [0.25, 0.3) is 10.2 Å². The summed E-state index contributed by atoms with van der Waals surface area (Å²) < 4.78 is 48.2. The van der Waals surface area contributed by atoms with Gasteiger partial charge < -0.3 is 9.30 Å². The molecule has 0 radical (unpaired) electrons. The Kier molecular flexibility index (Phi) is 7.48. The maximum Gasteiger partial charge on any atom is 0.326 e. The van der Waals surface area contributed by atoms with E-state index in [-0.39, 0.29) is 28.4 Å². The first-order chi connectivity index (χ1) is 16.7. The topological polar surface area (TPSA) is 98.0 Å². The lowest BCUT2D eigenvalue weighted by Crippen LogP contribution is -2.39. The van der Waals surface area contributed by atoms with Crippen LogP contribution < -0.4 is 4.80 Å². The number of hydrogen-bond donors (Lipinski definition) is 0. The number of aromatic nitrogens is 1. The number of carbonyl (C=O) groups excluding carboxylic acids is 2. The van der Waals surface area contributed by atoms with Gasteiger partial charge >= 0.3 is 5.97 Å². The zero-order chi connectivity index (χ0) is 25.2. The molecule has 3 aromatic rings. The summed E-state index contributed by atoms with van der Waals surface area (Å²) in [5, 5.41) is 0. The van der Waals surface area contributed by atoms with E-state index >= 15 is 0 Å². The van der Waals surface area contributed by atoms with E-state index in [1.165, 1.54) is 51.3 Å². The number of sulfonamides is 1. The molecule has 1 aliphatic rings. The van der Waals surface area contributed by atoms with Gasteiger partial charge in [0.15, 0.2) is 4.80 Å². The van der Waals surface area contributed by atoms with Crippen molar-refractivity contribution in [3.8, 4) is 0 Å². The van der Waals surface area contributed by atoms with Crippen LogP contribution in [0, 0.1) is 11.7 Å². The second-order valence-electron chi connectivity index (χ2n) is 8.44. The molecule has 0 spiro atoms. The fourth-order valence-electron chi connectivity index (χ4n) is 4.06. The molecule has 1 saturated heterocycles. The highest BCUT2D eigenvalue weighted by molar-refractivity contribution is 7.89. The van der Waals surface area contributed by atoms with Crippen molar-refractivity contribution in [2.24, 2.45) is 10.9 Å². The number of ether oxygens (including phenoxy) is 1. The van der Waals surface area contributed by atoms with E-state index in [1.807, 2.05) is 6.92 Å². The Morgan fingerprint density at radius 3 is 2.63 bits per heavy atom. The number of esters is 1. The molecule has 0 aliphatic carbocycles. The summed E-state index contributed by atoms with van der Waals surface area (Å²) in [6.07, 6.45) is 1.82. The third-order valence-corrected chi connectivity index (χ3v) is 8.71. The fourth-order valence-corrected chi connectivity index (χ4v) is 6.71. The summed E-state index contributed by atoms with van der Waals surface area (Å²) in [6.45, 7) is 4.70. The molecule has 2 aromatic carbocycles. The van der Waals surface area contributed by atoms with E-state index in [4.69, 9.17) is 4.74 Å². The summed E-state index contributed by atoms with van der Waals surface area (Å²) in [5.41, 5.74) is 0.746. The lowest BCUT2D eigenvalue weighted by atomic mass is 10.0. The van der Waals surface area contributed by atoms with Crippen LogP contribution in [0.2, 0.25) is 0 Å². The van der Waals surface area contributed by atoms with E-state index in [9.17, 15) is 22.4 Å². The Morgan fingerprint density at radius 1 is 1.20 bits per heavy atom. The molecule has 0 bridgehead atoms. The predicted molar refractivity (Wildman–Crippen MR) is 130 cm³/mol. The van der Waals surface area contributed by atoms with Crippen LogP contribution in [0.4, 0.5) is 4.39 Å². The Labute approximate surface area is 206 Å². The van der Waals surface area contributed by atoms with Gasteiger partial charge in [0.2, 0.25) is 10.0 Å². The number of rotatable bonds is 6. The molecule has 0 N–H and O–H groups in total. The zero-order valence-corrected chi connectivity index (χ0v) is 21.1. The number of piperidine rings is 1. The van der Waals surface area contributed by atoms with Crippen molar-refractivity contribution in [3.05, 3.63) is 58.6 Å². The van der Waals surface area contributed by atoms with E-state index in [2.05, 4.69) is 4.99 Å². The summed E-state index contributed by atoms with van der Waals surface area (Å²) in [7, 11) is -3.64. The summed E-state index contributed by atoms with van der Waals surface area (Å²) in [6, 6.07) is 9.76. The molecule has 11 heteroatoms.